The first-order valence-electron chi connectivity index (χ1n) is 12.9. The number of nitrogens with two attached hydrogens (primary N) is 1. The molecule has 0 aromatic rings. The Balaban J connectivity index is 1.28. The Hall–Kier alpha value is -0.700. The van der Waals surface area contributed by atoms with E-state index in [1.54, 1.807) is 0 Å². The highest BCUT2D eigenvalue weighted by molar-refractivity contribution is 5.04. The molecule has 5 heteroatoms. The molecule has 5 rings (SSSR count). The van der Waals surface area contributed by atoms with Crippen LogP contribution in [-0.2, 0) is 0 Å². The predicted octanol–water partition coefficient (Wildman–Crippen LogP) is 4.10. The van der Waals surface area contributed by atoms with Crippen molar-refractivity contribution in [3.63, 3.8) is 0 Å². The highest BCUT2D eigenvalue weighted by atomic mass is 19.1. The minimum Gasteiger partial charge on any atom is -0.326 e. The quantitative estimate of drug-likeness (QED) is 0.750. The van der Waals surface area contributed by atoms with Crippen molar-refractivity contribution in [3.05, 3.63) is 0 Å². The molecule has 4 nitrogen and oxygen atoms in total. The van der Waals surface area contributed by atoms with Gasteiger partial charge in [-0.1, -0.05) is 6.42 Å². The van der Waals surface area contributed by atoms with Crippen LogP contribution in [0.3, 0.4) is 0 Å². The van der Waals surface area contributed by atoms with Crippen molar-refractivity contribution in [2.45, 2.75) is 107 Å². The van der Waals surface area contributed by atoms with E-state index in [4.69, 9.17) is 5.73 Å². The molecule has 3 saturated heterocycles. The molecule has 0 radical (unpaired) electrons. The molecule has 3 heterocycles. The van der Waals surface area contributed by atoms with E-state index in [2.05, 4.69) is 15.9 Å². The largest absolute Gasteiger partial charge is 0.326 e. The van der Waals surface area contributed by atoms with E-state index in [9.17, 15) is 9.65 Å². The fourth-order valence-corrected chi connectivity index (χ4v) is 8.07. The lowest BCUT2D eigenvalue weighted by atomic mass is 9.65. The molecular weight excluding hydrogens is 375 g/mol. The van der Waals surface area contributed by atoms with Gasteiger partial charge >= 0.3 is 0 Å². The molecule has 2 saturated carbocycles. The van der Waals surface area contributed by atoms with Gasteiger partial charge in [-0.3, -0.25) is 4.90 Å². The molecule has 0 amide bonds. The number of alkyl halides is 1. The van der Waals surface area contributed by atoms with Crippen LogP contribution in [0.5, 0.6) is 0 Å². The molecule has 5 aliphatic rings. The summed E-state index contributed by atoms with van der Waals surface area (Å²) in [4.78, 5) is 5.53. The lowest BCUT2D eigenvalue weighted by Crippen LogP contribution is -2.51. The molecule has 0 spiro atoms. The molecule has 168 valence electrons. The van der Waals surface area contributed by atoms with Gasteiger partial charge < -0.3 is 10.6 Å². The molecule has 9 atom stereocenters. The summed E-state index contributed by atoms with van der Waals surface area (Å²) in [6, 6.07) is 4.61. The van der Waals surface area contributed by atoms with Gasteiger partial charge in [0, 0.05) is 30.7 Å². The molecular formula is C25H41FN4. The maximum absolute atomic E-state index is 14.7. The topological polar surface area (TPSA) is 56.3 Å². The maximum atomic E-state index is 14.7. The van der Waals surface area contributed by atoms with Crippen LogP contribution in [0.2, 0.25) is 0 Å². The van der Waals surface area contributed by atoms with E-state index in [1.165, 1.54) is 77.4 Å². The molecule has 0 aromatic carbocycles. The van der Waals surface area contributed by atoms with Crippen molar-refractivity contribution in [3.8, 4) is 6.07 Å². The van der Waals surface area contributed by atoms with E-state index < -0.39 is 6.17 Å². The molecule has 2 bridgehead atoms. The second-order valence-electron chi connectivity index (χ2n) is 11.2. The van der Waals surface area contributed by atoms with Crippen molar-refractivity contribution in [1.82, 2.24) is 9.80 Å². The van der Waals surface area contributed by atoms with E-state index in [0.29, 0.717) is 36.4 Å². The summed E-state index contributed by atoms with van der Waals surface area (Å²) in [6.07, 6.45) is 13.3. The third kappa shape index (κ3) is 4.05. The third-order valence-corrected chi connectivity index (χ3v) is 9.61. The number of rotatable bonds is 4. The van der Waals surface area contributed by atoms with Crippen molar-refractivity contribution < 1.29 is 4.39 Å². The van der Waals surface area contributed by atoms with Gasteiger partial charge in [0.1, 0.15) is 6.17 Å². The molecule has 7 unspecified atom stereocenters. The van der Waals surface area contributed by atoms with E-state index in [0.717, 1.165) is 24.8 Å². The Morgan fingerprint density at radius 3 is 2.37 bits per heavy atom. The summed E-state index contributed by atoms with van der Waals surface area (Å²) in [5, 5.41) is 9.28. The Labute approximate surface area is 182 Å². The van der Waals surface area contributed by atoms with Crippen molar-refractivity contribution in [2.24, 2.45) is 29.4 Å². The van der Waals surface area contributed by atoms with Crippen LogP contribution in [-0.4, -0.2) is 59.8 Å². The molecule has 0 aromatic heterocycles. The first kappa shape index (κ1) is 21.2. The van der Waals surface area contributed by atoms with Gasteiger partial charge in [-0.2, -0.15) is 5.26 Å². The lowest BCUT2D eigenvalue weighted by molar-refractivity contribution is 0.00317. The van der Waals surface area contributed by atoms with Crippen LogP contribution >= 0.6 is 0 Å². The minimum atomic E-state index is -0.913. The Bertz CT molecular complexity index is 629. The zero-order valence-corrected chi connectivity index (χ0v) is 18.6. The van der Waals surface area contributed by atoms with Crippen molar-refractivity contribution >= 4 is 0 Å². The van der Waals surface area contributed by atoms with Crippen LogP contribution in [0.4, 0.5) is 4.39 Å². The van der Waals surface area contributed by atoms with Crippen LogP contribution in [0, 0.1) is 35.0 Å². The van der Waals surface area contributed by atoms with Crippen LogP contribution in [0.15, 0.2) is 0 Å². The SMILES string of the molecule is N#CC1CCC(C2CC(CN3[C@H]4CC[C@@H]3C(N)C4)CCC2N2CCCCC2)CC1F. The number of fused-ring (bicyclic) bond motifs is 2. The molecule has 30 heavy (non-hydrogen) atoms. The normalized spacial score (nSPS) is 48.0. The van der Waals surface area contributed by atoms with E-state index in [1.807, 2.05) is 0 Å². The third-order valence-electron chi connectivity index (χ3n) is 9.61. The van der Waals surface area contributed by atoms with Gasteiger partial charge in [-0.15, -0.1) is 0 Å². The number of piperidine rings is 1. The van der Waals surface area contributed by atoms with Crippen molar-refractivity contribution in [2.75, 3.05) is 19.6 Å². The van der Waals surface area contributed by atoms with Gasteiger partial charge in [-0.05, 0) is 101 Å². The summed E-state index contributed by atoms with van der Waals surface area (Å²) in [7, 11) is 0. The highest BCUT2D eigenvalue weighted by Gasteiger charge is 2.47. The summed E-state index contributed by atoms with van der Waals surface area (Å²) < 4.78 is 14.7. The van der Waals surface area contributed by atoms with Gasteiger partial charge in [-0.25, -0.2) is 4.39 Å². The predicted molar refractivity (Wildman–Crippen MR) is 117 cm³/mol. The second kappa shape index (κ2) is 9.04. The standard InChI is InChI=1S/C25H41FN4/c26-22-13-18(5-6-19(22)15-27)21-12-17(4-8-24(21)29-10-2-1-3-11-29)16-30-20-7-9-25(30)23(28)14-20/h17-25H,1-14,16,28H2/t17?,18?,19?,20-,21?,22?,23?,24?,25+/m0/s1. The summed E-state index contributed by atoms with van der Waals surface area (Å²) in [6.45, 7) is 3.70. The second-order valence-corrected chi connectivity index (χ2v) is 11.2. The number of likely N-dealkylation sites (tertiary alicyclic amines) is 1. The van der Waals surface area contributed by atoms with Crippen LogP contribution in [0.1, 0.15) is 77.0 Å². The number of halogens is 1. The number of hydrogen-bond donors (Lipinski definition) is 1. The highest BCUT2D eigenvalue weighted by Crippen LogP contribution is 2.46. The lowest BCUT2D eigenvalue weighted by Gasteiger charge is -2.49. The molecule has 2 N–H and O–H groups in total. The van der Waals surface area contributed by atoms with Gasteiger partial charge in [0.15, 0.2) is 0 Å². The zero-order chi connectivity index (χ0) is 20.7. The fraction of sp³-hybridized carbons (Fsp3) is 0.960. The zero-order valence-electron chi connectivity index (χ0n) is 18.6. The minimum absolute atomic E-state index is 0.365. The monoisotopic (exact) mass is 416 g/mol. The molecule has 5 fully saturated rings. The summed E-state index contributed by atoms with van der Waals surface area (Å²) in [5.41, 5.74) is 6.40. The van der Waals surface area contributed by atoms with Crippen LogP contribution in [0.25, 0.3) is 0 Å². The van der Waals surface area contributed by atoms with Gasteiger partial charge in [0.05, 0.1) is 12.0 Å². The Morgan fingerprint density at radius 1 is 0.900 bits per heavy atom. The molecule has 2 aliphatic carbocycles. The number of nitrogens with zero attached hydrogens (tertiary/aromatic N) is 3. The van der Waals surface area contributed by atoms with Crippen LogP contribution < -0.4 is 5.73 Å². The van der Waals surface area contributed by atoms with Gasteiger partial charge in [0.25, 0.3) is 0 Å². The Kier molecular flexibility index (Phi) is 6.38. The first-order chi connectivity index (χ1) is 14.6. The maximum Gasteiger partial charge on any atom is 0.116 e. The number of hydrogen-bond acceptors (Lipinski definition) is 4. The van der Waals surface area contributed by atoms with Crippen molar-refractivity contribution in [1.29, 1.82) is 5.26 Å². The average molecular weight is 417 g/mol. The number of nitriles is 1. The Morgan fingerprint density at radius 2 is 1.70 bits per heavy atom. The summed E-state index contributed by atoms with van der Waals surface area (Å²) in [5.74, 6) is 1.47. The average Bonchev–Trinajstić information content (AvgIpc) is 3.29. The van der Waals surface area contributed by atoms with E-state index >= 15 is 0 Å². The van der Waals surface area contributed by atoms with Gasteiger partial charge in [0.2, 0.25) is 0 Å². The summed E-state index contributed by atoms with van der Waals surface area (Å²) >= 11 is 0. The fourth-order valence-electron chi connectivity index (χ4n) is 8.07. The smallest absolute Gasteiger partial charge is 0.116 e. The molecule has 3 aliphatic heterocycles. The first-order valence-corrected chi connectivity index (χ1v) is 12.9. The van der Waals surface area contributed by atoms with E-state index in [-0.39, 0.29) is 5.92 Å².